The van der Waals surface area contributed by atoms with Crippen LogP contribution >= 0.6 is 23.2 Å². The highest BCUT2D eigenvalue weighted by Gasteiger charge is 2.12. The Labute approximate surface area is 119 Å². The summed E-state index contributed by atoms with van der Waals surface area (Å²) in [4.78, 5) is 11.8. The van der Waals surface area contributed by atoms with Crippen molar-refractivity contribution in [2.75, 3.05) is 6.61 Å². The van der Waals surface area contributed by atoms with E-state index in [-0.39, 0.29) is 17.2 Å². The molecule has 0 aromatic heterocycles. The summed E-state index contributed by atoms with van der Waals surface area (Å²) in [5, 5.41) is 0.815. The molecule has 0 saturated heterocycles. The summed E-state index contributed by atoms with van der Waals surface area (Å²) < 4.78 is 18.8. The monoisotopic (exact) mass is 298 g/mol. The molecule has 5 heteroatoms. The van der Waals surface area contributed by atoms with Crippen molar-refractivity contribution in [2.45, 2.75) is 0 Å². The molecule has 98 valence electrons. The van der Waals surface area contributed by atoms with Gasteiger partial charge in [0.15, 0.2) is 6.61 Å². The van der Waals surface area contributed by atoms with Gasteiger partial charge in [-0.3, -0.25) is 4.79 Å². The summed E-state index contributed by atoms with van der Waals surface area (Å²) in [5.41, 5.74) is -0.0432. The lowest BCUT2D eigenvalue weighted by Gasteiger charge is -2.06. The summed E-state index contributed by atoms with van der Waals surface area (Å²) in [6.45, 7) is -0.250. The second-order valence-electron chi connectivity index (χ2n) is 3.79. The van der Waals surface area contributed by atoms with Gasteiger partial charge in [0.1, 0.15) is 11.6 Å². The van der Waals surface area contributed by atoms with Crippen molar-refractivity contribution in [3.63, 3.8) is 0 Å². The molecule has 2 nitrogen and oxygen atoms in total. The van der Waals surface area contributed by atoms with Crippen molar-refractivity contribution in [2.24, 2.45) is 0 Å². The van der Waals surface area contributed by atoms with E-state index in [0.29, 0.717) is 10.8 Å². The predicted octanol–water partition coefficient (Wildman–Crippen LogP) is 4.39. The van der Waals surface area contributed by atoms with E-state index in [9.17, 15) is 9.18 Å². The molecule has 2 rings (SSSR count). The van der Waals surface area contributed by atoms with Crippen LogP contribution in [0.2, 0.25) is 10.0 Å². The van der Waals surface area contributed by atoms with Crippen LogP contribution < -0.4 is 4.74 Å². The number of hydrogen-bond donors (Lipinski definition) is 0. The van der Waals surface area contributed by atoms with E-state index in [1.54, 1.807) is 24.3 Å². The Balaban J connectivity index is 2.03. The number of rotatable bonds is 4. The van der Waals surface area contributed by atoms with Crippen LogP contribution in [-0.4, -0.2) is 12.4 Å². The van der Waals surface area contributed by atoms with Crippen LogP contribution in [0.4, 0.5) is 4.39 Å². The molecule has 0 atom stereocenters. The van der Waals surface area contributed by atoms with E-state index in [4.69, 9.17) is 27.9 Å². The molecule has 0 N–H and O–H groups in total. The smallest absolute Gasteiger partial charge is 0.203 e. The number of halogens is 3. The lowest BCUT2D eigenvalue weighted by molar-refractivity contribution is 0.0917. The zero-order valence-electron chi connectivity index (χ0n) is 9.70. The predicted molar refractivity (Wildman–Crippen MR) is 72.7 cm³/mol. The molecule has 0 spiro atoms. The summed E-state index contributed by atoms with van der Waals surface area (Å²) in [7, 11) is 0. The molecular formula is C14H9Cl2FO2. The molecule has 0 aliphatic heterocycles. The summed E-state index contributed by atoms with van der Waals surface area (Å²) in [6.07, 6.45) is 0. The van der Waals surface area contributed by atoms with Crippen molar-refractivity contribution in [1.29, 1.82) is 0 Å². The van der Waals surface area contributed by atoms with Crippen LogP contribution in [0, 0.1) is 5.82 Å². The van der Waals surface area contributed by atoms with Crippen molar-refractivity contribution >= 4 is 29.0 Å². The van der Waals surface area contributed by atoms with E-state index in [1.807, 2.05) is 0 Å². The minimum atomic E-state index is -0.655. The maximum atomic E-state index is 13.5. The van der Waals surface area contributed by atoms with Crippen LogP contribution in [0.25, 0.3) is 0 Å². The third kappa shape index (κ3) is 3.69. The first-order valence-corrected chi connectivity index (χ1v) is 6.18. The van der Waals surface area contributed by atoms with Gasteiger partial charge >= 0.3 is 0 Å². The van der Waals surface area contributed by atoms with Crippen LogP contribution in [0.3, 0.4) is 0 Å². The van der Waals surface area contributed by atoms with Crippen LogP contribution in [0.15, 0.2) is 42.5 Å². The van der Waals surface area contributed by atoms with Gasteiger partial charge in [-0.1, -0.05) is 23.2 Å². The van der Waals surface area contributed by atoms with E-state index >= 15 is 0 Å². The Morgan fingerprint density at radius 3 is 2.32 bits per heavy atom. The topological polar surface area (TPSA) is 26.3 Å². The third-order valence-electron chi connectivity index (χ3n) is 2.42. The fourth-order valence-electron chi connectivity index (χ4n) is 1.47. The number of carbonyl (C=O) groups excluding carboxylic acids is 1. The van der Waals surface area contributed by atoms with Crippen molar-refractivity contribution in [1.82, 2.24) is 0 Å². The molecule has 0 heterocycles. The Bertz CT molecular complexity index is 597. The first kappa shape index (κ1) is 13.8. The summed E-state index contributed by atoms with van der Waals surface area (Å²) in [6, 6.07) is 10.4. The van der Waals surface area contributed by atoms with Gasteiger partial charge in [0, 0.05) is 10.0 Å². The van der Waals surface area contributed by atoms with Gasteiger partial charge in [-0.25, -0.2) is 4.39 Å². The Hall–Kier alpha value is -1.58. The molecule has 0 aliphatic rings. The normalized spacial score (nSPS) is 10.3. The fourth-order valence-corrected chi connectivity index (χ4v) is 1.76. The lowest BCUT2D eigenvalue weighted by atomic mass is 10.1. The van der Waals surface area contributed by atoms with Crippen LogP contribution in [0.5, 0.6) is 5.75 Å². The zero-order valence-corrected chi connectivity index (χ0v) is 11.2. The highest BCUT2D eigenvalue weighted by molar-refractivity contribution is 6.30. The second-order valence-corrected chi connectivity index (χ2v) is 4.66. The van der Waals surface area contributed by atoms with Crippen LogP contribution in [-0.2, 0) is 0 Å². The molecule has 0 bridgehead atoms. The minimum absolute atomic E-state index is 0.0432. The first-order chi connectivity index (χ1) is 9.06. The Morgan fingerprint density at radius 1 is 1.05 bits per heavy atom. The Morgan fingerprint density at radius 2 is 1.68 bits per heavy atom. The van der Waals surface area contributed by atoms with Gasteiger partial charge in [-0.2, -0.15) is 0 Å². The number of ketones is 1. The minimum Gasteiger partial charge on any atom is -0.485 e. The molecule has 2 aromatic carbocycles. The number of carbonyl (C=O) groups is 1. The molecule has 0 aliphatic carbocycles. The molecule has 2 aromatic rings. The van der Waals surface area contributed by atoms with Gasteiger partial charge in [0.2, 0.25) is 5.78 Å². The lowest BCUT2D eigenvalue weighted by Crippen LogP contribution is -2.13. The maximum absolute atomic E-state index is 13.5. The van der Waals surface area contributed by atoms with Crippen molar-refractivity contribution in [3.05, 3.63) is 63.9 Å². The van der Waals surface area contributed by atoms with Gasteiger partial charge < -0.3 is 4.74 Å². The standard InChI is InChI=1S/C14H9Cl2FO2/c15-9-1-4-11(5-2-9)19-8-14(18)12-6-3-10(16)7-13(12)17/h1-7H,8H2. The maximum Gasteiger partial charge on any atom is 0.203 e. The van der Waals surface area contributed by atoms with Gasteiger partial charge in [0.05, 0.1) is 5.56 Å². The highest BCUT2D eigenvalue weighted by atomic mass is 35.5. The molecular weight excluding hydrogens is 290 g/mol. The molecule has 0 unspecified atom stereocenters. The molecule has 0 amide bonds. The molecule has 0 fully saturated rings. The highest BCUT2D eigenvalue weighted by Crippen LogP contribution is 2.17. The average molecular weight is 299 g/mol. The van der Waals surface area contributed by atoms with Gasteiger partial charge in [-0.05, 0) is 42.5 Å². The summed E-state index contributed by atoms with van der Waals surface area (Å²) >= 11 is 11.3. The van der Waals surface area contributed by atoms with E-state index in [0.717, 1.165) is 6.07 Å². The van der Waals surface area contributed by atoms with Crippen LogP contribution in [0.1, 0.15) is 10.4 Å². The fraction of sp³-hybridized carbons (Fsp3) is 0.0714. The van der Waals surface area contributed by atoms with E-state index in [1.165, 1.54) is 12.1 Å². The first-order valence-electron chi connectivity index (χ1n) is 5.43. The van der Waals surface area contributed by atoms with E-state index < -0.39 is 11.6 Å². The zero-order chi connectivity index (χ0) is 13.8. The third-order valence-corrected chi connectivity index (χ3v) is 2.90. The second kappa shape index (κ2) is 6.04. The SMILES string of the molecule is O=C(COc1ccc(Cl)cc1)c1ccc(Cl)cc1F. The molecule has 0 radical (unpaired) electrons. The van der Waals surface area contributed by atoms with Gasteiger partial charge in [-0.15, -0.1) is 0 Å². The van der Waals surface area contributed by atoms with E-state index in [2.05, 4.69) is 0 Å². The summed E-state index contributed by atoms with van der Waals surface area (Å²) in [5.74, 6) is -0.617. The number of hydrogen-bond acceptors (Lipinski definition) is 2. The molecule has 0 saturated carbocycles. The van der Waals surface area contributed by atoms with Crippen molar-refractivity contribution in [3.8, 4) is 5.75 Å². The molecule has 19 heavy (non-hydrogen) atoms. The number of benzene rings is 2. The van der Waals surface area contributed by atoms with Crippen molar-refractivity contribution < 1.29 is 13.9 Å². The number of ether oxygens (including phenoxy) is 1. The largest absolute Gasteiger partial charge is 0.485 e. The average Bonchev–Trinajstić information content (AvgIpc) is 2.37. The number of Topliss-reactive ketones (excluding diaryl/α,β-unsaturated/α-hetero) is 1. The van der Waals surface area contributed by atoms with Gasteiger partial charge in [0.25, 0.3) is 0 Å². The Kier molecular flexibility index (Phi) is 4.40. The quantitative estimate of drug-likeness (QED) is 0.782.